The Bertz CT molecular complexity index is 1130. The number of fused-ring (bicyclic) bond motifs is 4. The Morgan fingerprint density at radius 2 is 1.69 bits per heavy atom. The molecule has 0 unspecified atom stereocenters. The maximum Gasteiger partial charge on any atom is 0.240 e. The zero-order valence-electron chi connectivity index (χ0n) is 17.0. The molecule has 4 nitrogen and oxygen atoms in total. The third-order valence-corrected chi connectivity index (χ3v) is 6.20. The van der Waals surface area contributed by atoms with E-state index in [1.165, 1.54) is 83.8 Å². The standard InChI is InChI=1S/C24H28N4.ClH/c1-27-21-13-6-4-11-19(21)22(25-14-9-17-28-15-7-2-8-16-28)23-24(27)18-10-3-5-12-20(18)26-23;/h3-6,10-13H,2,7-9,14-17H2,1H3,(H,25,26);1H. The molecule has 0 saturated carbocycles. The first-order valence-corrected chi connectivity index (χ1v) is 10.6. The zero-order chi connectivity index (χ0) is 18.9. The minimum Gasteiger partial charge on any atom is -1.00 e. The number of hydrogen-bond acceptors (Lipinski definition) is 2. The van der Waals surface area contributed by atoms with Gasteiger partial charge in [-0.2, -0.15) is 4.57 Å². The Balaban J connectivity index is 0.00000205. The van der Waals surface area contributed by atoms with E-state index in [2.05, 4.69) is 75.3 Å². The fourth-order valence-electron chi connectivity index (χ4n) is 4.77. The number of hydrogen-bond donors (Lipinski definition) is 2. The number of para-hydroxylation sites is 2. The number of aromatic nitrogens is 2. The van der Waals surface area contributed by atoms with Crippen LogP contribution in [-0.4, -0.2) is 36.1 Å². The highest BCUT2D eigenvalue weighted by Gasteiger charge is 2.22. The number of H-pyrrole nitrogens is 1. The van der Waals surface area contributed by atoms with Crippen LogP contribution < -0.4 is 22.3 Å². The normalized spacial score (nSPS) is 15.1. The van der Waals surface area contributed by atoms with Crippen molar-refractivity contribution in [3.63, 3.8) is 0 Å². The van der Waals surface area contributed by atoms with Crippen LogP contribution in [0.4, 0.5) is 5.69 Å². The van der Waals surface area contributed by atoms with Gasteiger partial charge >= 0.3 is 0 Å². The molecule has 0 amide bonds. The van der Waals surface area contributed by atoms with Gasteiger partial charge in [0.1, 0.15) is 12.6 Å². The summed E-state index contributed by atoms with van der Waals surface area (Å²) < 4.78 is 2.32. The molecule has 1 saturated heterocycles. The molecule has 0 bridgehead atoms. The van der Waals surface area contributed by atoms with Crippen molar-refractivity contribution in [1.82, 2.24) is 9.88 Å². The maximum absolute atomic E-state index is 3.79. The van der Waals surface area contributed by atoms with E-state index in [0.29, 0.717) is 0 Å². The Morgan fingerprint density at radius 1 is 0.966 bits per heavy atom. The summed E-state index contributed by atoms with van der Waals surface area (Å²) in [6, 6.07) is 17.3. The molecule has 5 heteroatoms. The Labute approximate surface area is 178 Å². The number of rotatable bonds is 5. The molecule has 1 fully saturated rings. The minimum atomic E-state index is 0. The van der Waals surface area contributed by atoms with Gasteiger partial charge < -0.3 is 27.6 Å². The van der Waals surface area contributed by atoms with Gasteiger partial charge in [0.25, 0.3) is 0 Å². The van der Waals surface area contributed by atoms with Crippen LogP contribution in [-0.2, 0) is 7.05 Å². The van der Waals surface area contributed by atoms with Gasteiger partial charge in [0.05, 0.1) is 22.0 Å². The molecule has 0 atom stereocenters. The summed E-state index contributed by atoms with van der Waals surface area (Å²) in [4.78, 5) is 6.29. The van der Waals surface area contributed by atoms with Crippen molar-refractivity contribution in [3.8, 4) is 0 Å². The molecule has 3 heterocycles. The molecule has 1 aliphatic rings. The predicted molar refractivity (Wildman–Crippen MR) is 118 cm³/mol. The van der Waals surface area contributed by atoms with Crippen LogP contribution in [0.25, 0.3) is 32.8 Å². The zero-order valence-corrected chi connectivity index (χ0v) is 17.8. The van der Waals surface area contributed by atoms with Gasteiger partial charge in [-0.3, -0.25) is 0 Å². The molecule has 29 heavy (non-hydrogen) atoms. The molecule has 0 radical (unpaired) electrons. The largest absolute Gasteiger partial charge is 1.00 e. The van der Waals surface area contributed by atoms with Crippen LogP contribution in [0.1, 0.15) is 25.7 Å². The number of nitrogens with zero attached hydrogens (tertiary/aromatic N) is 2. The van der Waals surface area contributed by atoms with Crippen molar-refractivity contribution in [2.24, 2.45) is 7.05 Å². The van der Waals surface area contributed by atoms with Crippen LogP contribution >= 0.6 is 0 Å². The first-order valence-electron chi connectivity index (χ1n) is 10.6. The lowest BCUT2D eigenvalue weighted by Gasteiger charge is -2.26. The van der Waals surface area contributed by atoms with Crippen LogP contribution in [0, 0.1) is 0 Å². The third-order valence-electron chi connectivity index (χ3n) is 6.20. The van der Waals surface area contributed by atoms with Gasteiger partial charge in [-0.15, -0.1) is 0 Å². The van der Waals surface area contributed by atoms with Crippen LogP contribution in [0.2, 0.25) is 0 Å². The summed E-state index contributed by atoms with van der Waals surface area (Å²) in [7, 11) is 2.17. The summed E-state index contributed by atoms with van der Waals surface area (Å²) >= 11 is 0. The molecule has 2 aromatic carbocycles. The average molecular weight is 409 g/mol. The summed E-state index contributed by atoms with van der Waals surface area (Å²) in [6.07, 6.45) is 5.31. The smallest absolute Gasteiger partial charge is 0.240 e. The van der Waals surface area contributed by atoms with Crippen molar-refractivity contribution in [2.75, 3.05) is 31.5 Å². The second-order valence-corrected chi connectivity index (χ2v) is 8.03. The highest BCUT2D eigenvalue weighted by atomic mass is 35.5. The molecule has 4 aromatic rings. The first kappa shape index (κ1) is 20.0. The number of pyridine rings is 1. The van der Waals surface area contributed by atoms with Crippen molar-refractivity contribution in [1.29, 1.82) is 0 Å². The van der Waals surface area contributed by atoms with Gasteiger partial charge in [-0.25, -0.2) is 0 Å². The molecule has 2 aromatic heterocycles. The number of likely N-dealkylation sites (tertiary alicyclic amines) is 1. The lowest BCUT2D eigenvalue weighted by Crippen LogP contribution is -3.00. The van der Waals surface area contributed by atoms with Crippen molar-refractivity contribution in [3.05, 3.63) is 48.5 Å². The molecular formula is C24H29ClN4. The third kappa shape index (κ3) is 3.67. The van der Waals surface area contributed by atoms with E-state index >= 15 is 0 Å². The van der Waals surface area contributed by atoms with Crippen molar-refractivity contribution < 1.29 is 17.0 Å². The SMILES string of the molecule is C[n+]1c2ccccc2c(NCCCN2CCCCC2)c2[nH]c3ccccc3c21.[Cl-]. The fraction of sp³-hybridized carbons (Fsp3) is 0.375. The van der Waals surface area contributed by atoms with Crippen LogP contribution in [0.3, 0.4) is 0 Å². The van der Waals surface area contributed by atoms with E-state index in [9.17, 15) is 0 Å². The van der Waals surface area contributed by atoms with E-state index in [-0.39, 0.29) is 12.4 Å². The lowest BCUT2D eigenvalue weighted by molar-refractivity contribution is -0.616. The molecule has 152 valence electrons. The Kier molecular flexibility index (Phi) is 5.93. The highest BCUT2D eigenvalue weighted by Crippen LogP contribution is 2.33. The quantitative estimate of drug-likeness (QED) is 0.388. The predicted octanol–water partition coefficient (Wildman–Crippen LogP) is 1.59. The molecular weight excluding hydrogens is 380 g/mol. The second kappa shape index (κ2) is 8.60. The number of aromatic amines is 1. The van der Waals surface area contributed by atoms with Crippen LogP contribution in [0.15, 0.2) is 48.5 Å². The van der Waals surface area contributed by atoms with E-state index in [1.807, 2.05) is 0 Å². The van der Waals surface area contributed by atoms with Gasteiger partial charge in [0.2, 0.25) is 11.0 Å². The van der Waals surface area contributed by atoms with E-state index in [4.69, 9.17) is 0 Å². The summed E-state index contributed by atoms with van der Waals surface area (Å²) in [6.45, 7) is 4.74. The minimum absolute atomic E-state index is 0. The van der Waals surface area contributed by atoms with E-state index in [0.717, 1.165) is 6.54 Å². The fourth-order valence-corrected chi connectivity index (χ4v) is 4.77. The van der Waals surface area contributed by atoms with Gasteiger partial charge in [-0.05, 0) is 57.1 Å². The van der Waals surface area contributed by atoms with Crippen molar-refractivity contribution in [2.45, 2.75) is 25.7 Å². The number of aryl methyl sites for hydroxylation is 1. The highest BCUT2D eigenvalue weighted by molar-refractivity contribution is 6.13. The monoisotopic (exact) mass is 408 g/mol. The van der Waals surface area contributed by atoms with Gasteiger partial charge in [-0.1, -0.05) is 30.7 Å². The summed E-state index contributed by atoms with van der Waals surface area (Å²) in [5, 5.41) is 6.35. The lowest BCUT2D eigenvalue weighted by atomic mass is 10.1. The molecule has 1 aliphatic heterocycles. The van der Waals surface area contributed by atoms with Crippen LogP contribution in [0.5, 0.6) is 0 Å². The van der Waals surface area contributed by atoms with Gasteiger partial charge in [0, 0.05) is 12.6 Å². The summed E-state index contributed by atoms with van der Waals surface area (Å²) in [5.74, 6) is 0. The average Bonchev–Trinajstić information content (AvgIpc) is 3.13. The molecule has 5 rings (SSSR count). The molecule has 0 spiro atoms. The number of nitrogens with one attached hydrogen (secondary N) is 2. The Hall–Kier alpha value is -2.30. The summed E-state index contributed by atoms with van der Waals surface area (Å²) in [5.41, 5.74) is 6.17. The second-order valence-electron chi connectivity index (χ2n) is 8.03. The Morgan fingerprint density at radius 3 is 2.52 bits per heavy atom. The maximum atomic E-state index is 3.79. The van der Waals surface area contributed by atoms with Gasteiger partial charge in [0.15, 0.2) is 0 Å². The number of piperidine rings is 1. The first-order chi connectivity index (χ1) is 13.8. The number of halogens is 1. The molecule has 2 N–H and O–H groups in total. The number of benzene rings is 2. The topological polar surface area (TPSA) is 34.9 Å². The van der Waals surface area contributed by atoms with E-state index < -0.39 is 0 Å². The molecule has 0 aliphatic carbocycles. The van der Waals surface area contributed by atoms with E-state index in [1.54, 1.807) is 0 Å². The number of anilines is 1. The van der Waals surface area contributed by atoms with Crippen molar-refractivity contribution >= 4 is 38.5 Å².